The van der Waals surface area contributed by atoms with E-state index in [1.54, 1.807) is 0 Å². The number of hydrogen-bond acceptors (Lipinski definition) is 4. The lowest BCUT2D eigenvalue weighted by Gasteiger charge is -2.10. The number of aliphatic hydroxyl groups excluding tert-OH is 1. The fourth-order valence-corrected chi connectivity index (χ4v) is 2.85. The average Bonchev–Trinajstić information content (AvgIpc) is 2.59. The summed E-state index contributed by atoms with van der Waals surface area (Å²) >= 11 is 0. The fraction of sp³-hybridized carbons (Fsp3) is 0.889. The molecule has 0 spiro atoms. The second kappa shape index (κ2) is 5.60. The van der Waals surface area contributed by atoms with Crippen LogP contribution in [0.2, 0.25) is 0 Å². The Kier molecular flexibility index (Phi) is 4.69. The number of carboxylic acids is 1. The van der Waals surface area contributed by atoms with Crippen molar-refractivity contribution in [3.8, 4) is 0 Å². The maximum Gasteiger partial charge on any atom is 0.304 e. The molecule has 3 N–H and O–H groups in total. The van der Waals surface area contributed by atoms with Crippen molar-refractivity contribution >= 4 is 16.0 Å². The Bertz CT molecular complexity index is 340. The van der Waals surface area contributed by atoms with E-state index in [2.05, 4.69) is 4.72 Å². The highest BCUT2D eigenvalue weighted by atomic mass is 32.2. The van der Waals surface area contributed by atoms with Crippen LogP contribution in [-0.2, 0) is 14.8 Å². The highest BCUT2D eigenvalue weighted by Crippen LogP contribution is 2.24. The van der Waals surface area contributed by atoms with Gasteiger partial charge in [-0.15, -0.1) is 0 Å². The molecule has 2 atom stereocenters. The summed E-state index contributed by atoms with van der Waals surface area (Å²) in [5.74, 6) is -1.35. The third kappa shape index (κ3) is 4.91. The van der Waals surface area contributed by atoms with Gasteiger partial charge >= 0.3 is 5.97 Å². The van der Waals surface area contributed by atoms with Crippen molar-refractivity contribution in [2.24, 2.45) is 5.92 Å². The molecule has 0 radical (unpaired) electrons. The summed E-state index contributed by atoms with van der Waals surface area (Å²) in [5, 5.41) is 17.6. The van der Waals surface area contributed by atoms with Crippen LogP contribution in [0.5, 0.6) is 0 Å². The van der Waals surface area contributed by atoms with E-state index in [1.165, 1.54) is 0 Å². The SMILES string of the molecule is O=C(O)CCS(=O)(=O)NCC1CCC(O)C1. The molecule has 1 aliphatic rings. The monoisotopic (exact) mass is 251 g/mol. The second-order valence-corrected chi connectivity index (χ2v) is 6.07. The minimum absolute atomic E-state index is 0.162. The van der Waals surface area contributed by atoms with E-state index in [0.717, 1.165) is 6.42 Å². The van der Waals surface area contributed by atoms with Crippen molar-refractivity contribution in [1.29, 1.82) is 0 Å². The molecule has 0 aliphatic heterocycles. The van der Waals surface area contributed by atoms with Crippen LogP contribution >= 0.6 is 0 Å². The summed E-state index contributed by atoms with van der Waals surface area (Å²) in [5.41, 5.74) is 0. The normalized spacial score (nSPS) is 25.8. The van der Waals surface area contributed by atoms with E-state index < -0.39 is 21.7 Å². The molecule has 1 fully saturated rings. The predicted octanol–water partition coefficient (Wildman–Crippen LogP) is -0.458. The number of sulfonamides is 1. The zero-order chi connectivity index (χ0) is 12.2. The number of hydrogen-bond donors (Lipinski definition) is 3. The number of aliphatic hydroxyl groups is 1. The summed E-state index contributed by atoms with van der Waals surface area (Å²) in [6.07, 6.45) is 1.42. The summed E-state index contributed by atoms with van der Waals surface area (Å²) in [6, 6.07) is 0. The largest absolute Gasteiger partial charge is 0.481 e. The lowest BCUT2D eigenvalue weighted by Crippen LogP contribution is -2.31. The Morgan fingerprint density at radius 3 is 2.56 bits per heavy atom. The molecule has 0 aromatic carbocycles. The molecular weight excluding hydrogens is 234 g/mol. The highest BCUT2D eigenvalue weighted by Gasteiger charge is 2.24. The van der Waals surface area contributed by atoms with Gasteiger partial charge in [0.1, 0.15) is 0 Å². The van der Waals surface area contributed by atoms with E-state index in [4.69, 9.17) is 5.11 Å². The first-order valence-electron chi connectivity index (χ1n) is 5.26. The van der Waals surface area contributed by atoms with Gasteiger partial charge in [-0.3, -0.25) is 4.79 Å². The molecule has 0 heterocycles. The van der Waals surface area contributed by atoms with Gasteiger partial charge in [0.25, 0.3) is 0 Å². The van der Waals surface area contributed by atoms with Crippen molar-refractivity contribution in [2.45, 2.75) is 31.8 Å². The maximum atomic E-state index is 11.3. The minimum atomic E-state index is -3.49. The van der Waals surface area contributed by atoms with Gasteiger partial charge in [0.2, 0.25) is 10.0 Å². The van der Waals surface area contributed by atoms with Crippen molar-refractivity contribution in [1.82, 2.24) is 4.72 Å². The number of nitrogens with one attached hydrogen (secondary N) is 1. The van der Waals surface area contributed by atoms with Crippen molar-refractivity contribution in [3.05, 3.63) is 0 Å². The van der Waals surface area contributed by atoms with Gasteiger partial charge in [0, 0.05) is 6.54 Å². The summed E-state index contributed by atoms with van der Waals surface area (Å²) in [7, 11) is -3.49. The maximum absolute atomic E-state index is 11.3. The molecule has 6 nitrogen and oxygen atoms in total. The molecule has 0 bridgehead atoms. The van der Waals surface area contributed by atoms with Gasteiger partial charge in [-0.2, -0.15) is 0 Å². The quantitative estimate of drug-likeness (QED) is 0.592. The number of rotatable bonds is 6. The predicted molar refractivity (Wildman–Crippen MR) is 57.4 cm³/mol. The van der Waals surface area contributed by atoms with Crippen LogP contribution in [-0.4, -0.2) is 43.0 Å². The first kappa shape index (κ1) is 13.4. The highest BCUT2D eigenvalue weighted by molar-refractivity contribution is 7.89. The van der Waals surface area contributed by atoms with Crippen molar-refractivity contribution in [2.75, 3.05) is 12.3 Å². The van der Waals surface area contributed by atoms with Crippen LogP contribution in [0.3, 0.4) is 0 Å². The minimum Gasteiger partial charge on any atom is -0.481 e. The van der Waals surface area contributed by atoms with E-state index in [-0.39, 0.29) is 18.4 Å². The van der Waals surface area contributed by atoms with Crippen molar-refractivity contribution < 1.29 is 23.4 Å². The molecule has 0 aromatic rings. The van der Waals surface area contributed by atoms with Gasteiger partial charge in [0.05, 0.1) is 18.3 Å². The Labute approximate surface area is 94.7 Å². The molecule has 1 rings (SSSR count). The molecule has 2 unspecified atom stereocenters. The number of carboxylic acid groups (broad SMARTS) is 1. The van der Waals surface area contributed by atoms with Crippen LogP contribution in [0, 0.1) is 5.92 Å². The van der Waals surface area contributed by atoms with Gasteiger partial charge in [-0.25, -0.2) is 13.1 Å². The van der Waals surface area contributed by atoms with Crippen LogP contribution in [0.1, 0.15) is 25.7 Å². The standard InChI is InChI=1S/C9H17NO5S/c11-8-2-1-7(5-8)6-10-16(14,15)4-3-9(12)13/h7-8,10-11H,1-6H2,(H,12,13). The summed E-state index contributed by atoms with van der Waals surface area (Å²) in [6.45, 7) is 0.291. The summed E-state index contributed by atoms with van der Waals surface area (Å²) < 4.78 is 25.0. The van der Waals surface area contributed by atoms with Crippen molar-refractivity contribution in [3.63, 3.8) is 0 Å². The number of aliphatic carboxylic acids is 1. The fourth-order valence-electron chi connectivity index (χ4n) is 1.77. The summed E-state index contributed by atoms with van der Waals surface area (Å²) in [4.78, 5) is 10.2. The molecule has 1 saturated carbocycles. The van der Waals surface area contributed by atoms with E-state index >= 15 is 0 Å². The van der Waals surface area contributed by atoms with Gasteiger partial charge in [-0.1, -0.05) is 0 Å². The van der Waals surface area contributed by atoms with Crippen LogP contribution in [0.25, 0.3) is 0 Å². The van der Waals surface area contributed by atoms with E-state index in [1.807, 2.05) is 0 Å². The Balaban J connectivity index is 2.28. The molecule has 0 saturated heterocycles. The van der Waals surface area contributed by atoms with Crippen LogP contribution < -0.4 is 4.72 Å². The topological polar surface area (TPSA) is 104 Å². The first-order chi connectivity index (χ1) is 7.39. The lowest BCUT2D eigenvalue weighted by molar-refractivity contribution is -0.136. The molecular formula is C9H17NO5S. The molecule has 7 heteroatoms. The Hall–Kier alpha value is -0.660. The first-order valence-corrected chi connectivity index (χ1v) is 6.91. The average molecular weight is 251 g/mol. The molecule has 94 valence electrons. The zero-order valence-electron chi connectivity index (χ0n) is 8.92. The smallest absolute Gasteiger partial charge is 0.304 e. The third-order valence-corrected chi connectivity index (χ3v) is 4.04. The molecule has 0 aromatic heterocycles. The molecule has 16 heavy (non-hydrogen) atoms. The number of carbonyl (C=O) groups is 1. The van der Waals surface area contributed by atoms with Crippen LogP contribution in [0.15, 0.2) is 0 Å². The Morgan fingerprint density at radius 2 is 2.06 bits per heavy atom. The molecule has 0 amide bonds. The van der Waals surface area contributed by atoms with E-state index in [0.29, 0.717) is 19.4 Å². The third-order valence-electron chi connectivity index (χ3n) is 2.69. The lowest BCUT2D eigenvalue weighted by atomic mass is 10.1. The molecule has 1 aliphatic carbocycles. The second-order valence-electron chi connectivity index (χ2n) is 4.14. The van der Waals surface area contributed by atoms with Gasteiger partial charge in [-0.05, 0) is 25.2 Å². The Morgan fingerprint density at radius 1 is 1.38 bits per heavy atom. The van der Waals surface area contributed by atoms with E-state index in [9.17, 15) is 18.3 Å². The van der Waals surface area contributed by atoms with Gasteiger partial charge < -0.3 is 10.2 Å². The van der Waals surface area contributed by atoms with Crippen LogP contribution in [0.4, 0.5) is 0 Å². The zero-order valence-corrected chi connectivity index (χ0v) is 9.74. The van der Waals surface area contributed by atoms with Gasteiger partial charge in [0.15, 0.2) is 0 Å².